The Balaban J connectivity index is 1.61. The van der Waals surface area contributed by atoms with Crippen LogP contribution in [0.25, 0.3) is 0 Å². The molecule has 0 aromatic heterocycles. The number of nitrogens with one attached hydrogen (secondary N) is 2. The summed E-state index contributed by atoms with van der Waals surface area (Å²) in [6.07, 6.45) is 1.32. The molecule has 0 spiro atoms. The highest BCUT2D eigenvalue weighted by atomic mass is 35.5. The Kier molecular flexibility index (Phi) is 7.72. The van der Waals surface area contributed by atoms with Crippen LogP contribution >= 0.6 is 11.6 Å². The summed E-state index contributed by atoms with van der Waals surface area (Å²) >= 11 is 6.04. The lowest BCUT2D eigenvalue weighted by molar-refractivity contribution is -0.384. The average Bonchev–Trinajstić information content (AvgIpc) is 2.78. The van der Waals surface area contributed by atoms with Crippen LogP contribution in [0.4, 0.5) is 11.4 Å². The molecule has 0 radical (unpaired) electrons. The Morgan fingerprint density at radius 1 is 1.12 bits per heavy atom. The van der Waals surface area contributed by atoms with Crippen molar-refractivity contribution in [3.63, 3.8) is 0 Å². The first-order valence-corrected chi connectivity index (χ1v) is 10.1. The number of rotatable bonds is 8. The Bertz CT molecular complexity index is 1210. The standard InChI is InChI=1S/C23H19ClN4O5/c1-15-3-2-4-19(11-15)26-22(29)14-33-21-10-7-18(24)12-17(21)13-25-27-23(30)16-5-8-20(9-6-16)28(31)32/h2-13H,14H2,1H3,(H,26,29)(H,27,30)/b25-13+. The molecule has 33 heavy (non-hydrogen) atoms. The van der Waals surface area contributed by atoms with E-state index in [1.165, 1.54) is 30.5 Å². The van der Waals surface area contributed by atoms with E-state index in [-0.39, 0.29) is 23.8 Å². The molecule has 0 aliphatic carbocycles. The number of ether oxygens (including phenoxy) is 1. The van der Waals surface area contributed by atoms with E-state index in [1.807, 2.05) is 25.1 Å². The third kappa shape index (κ3) is 6.88. The van der Waals surface area contributed by atoms with Gasteiger partial charge in [0.1, 0.15) is 5.75 Å². The molecule has 2 amide bonds. The van der Waals surface area contributed by atoms with Gasteiger partial charge in [-0.25, -0.2) is 5.43 Å². The van der Waals surface area contributed by atoms with Crippen molar-refractivity contribution in [3.8, 4) is 5.75 Å². The zero-order valence-corrected chi connectivity index (χ0v) is 18.2. The lowest BCUT2D eigenvalue weighted by Gasteiger charge is -2.10. The Morgan fingerprint density at radius 3 is 2.58 bits per heavy atom. The molecule has 3 rings (SSSR count). The van der Waals surface area contributed by atoms with Crippen LogP contribution in [0.2, 0.25) is 5.02 Å². The van der Waals surface area contributed by atoms with E-state index in [0.717, 1.165) is 5.56 Å². The van der Waals surface area contributed by atoms with E-state index in [9.17, 15) is 19.7 Å². The second-order valence-electron chi connectivity index (χ2n) is 6.89. The van der Waals surface area contributed by atoms with Crippen molar-refractivity contribution < 1.29 is 19.2 Å². The number of carbonyl (C=O) groups excluding carboxylic acids is 2. The topological polar surface area (TPSA) is 123 Å². The zero-order valence-electron chi connectivity index (χ0n) is 17.4. The van der Waals surface area contributed by atoms with Gasteiger partial charge >= 0.3 is 0 Å². The molecule has 2 N–H and O–H groups in total. The molecule has 0 saturated heterocycles. The maximum absolute atomic E-state index is 12.2. The third-order valence-electron chi connectivity index (χ3n) is 4.34. The number of carbonyl (C=O) groups is 2. The number of hydrogen-bond acceptors (Lipinski definition) is 6. The molecule has 3 aromatic carbocycles. The Hall–Kier alpha value is -4.24. The summed E-state index contributed by atoms with van der Waals surface area (Å²) in [5, 5.41) is 17.7. The van der Waals surface area contributed by atoms with Crippen molar-refractivity contribution in [2.45, 2.75) is 6.92 Å². The summed E-state index contributed by atoms with van der Waals surface area (Å²) < 4.78 is 5.60. The first-order chi connectivity index (χ1) is 15.8. The van der Waals surface area contributed by atoms with Crippen LogP contribution in [0.15, 0.2) is 71.8 Å². The summed E-state index contributed by atoms with van der Waals surface area (Å²) in [6.45, 7) is 1.68. The zero-order chi connectivity index (χ0) is 23.8. The highest BCUT2D eigenvalue weighted by molar-refractivity contribution is 6.30. The molecule has 0 atom stereocenters. The minimum Gasteiger partial charge on any atom is -0.483 e. The van der Waals surface area contributed by atoms with Gasteiger partial charge in [0.2, 0.25) is 0 Å². The summed E-state index contributed by atoms with van der Waals surface area (Å²) in [4.78, 5) is 34.5. The number of aryl methyl sites for hydroxylation is 1. The monoisotopic (exact) mass is 466 g/mol. The van der Waals surface area contributed by atoms with Gasteiger partial charge < -0.3 is 10.1 Å². The largest absolute Gasteiger partial charge is 0.483 e. The molecule has 168 valence electrons. The van der Waals surface area contributed by atoms with Gasteiger partial charge in [-0.3, -0.25) is 19.7 Å². The van der Waals surface area contributed by atoms with Gasteiger partial charge in [0.05, 0.1) is 11.1 Å². The number of nitrogens with zero attached hydrogens (tertiary/aromatic N) is 2. The molecule has 0 unspecified atom stereocenters. The van der Waals surface area contributed by atoms with Gasteiger partial charge in [-0.2, -0.15) is 5.10 Å². The van der Waals surface area contributed by atoms with Crippen LogP contribution < -0.4 is 15.5 Å². The second-order valence-corrected chi connectivity index (χ2v) is 7.33. The fourth-order valence-corrected chi connectivity index (χ4v) is 2.95. The second kappa shape index (κ2) is 10.9. The molecule has 9 nitrogen and oxygen atoms in total. The number of nitro benzene ring substituents is 1. The molecule has 0 bridgehead atoms. The normalized spacial score (nSPS) is 10.6. The van der Waals surface area contributed by atoms with Crippen LogP contribution in [0, 0.1) is 17.0 Å². The summed E-state index contributed by atoms with van der Waals surface area (Å²) in [6, 6.07) is 17.2. The maximum atomic E-state index is 12.2. The molecular formula is C23H19ClN4O5. The highest BCUT2D eigenvalue weighted by Crippen LogP contribution is 2.21. The van der Waals surface area contributed by atoms with Crippen LogP contribution in [-0.4, -0.2) is 29.6 Å². The molecule has 0 aliphatic rings. The van der Waals surface area contributed by atoms with Crippen LogP contribution in [0.3, 0.4) is 0 Å². The third-order valence-corrected chi connectivity index (χ3v) is 4.58. The van der Waals surface area contributed by atoms with Crippen molar-refractivity contribution in [1.82, 2.24) is 5.43 Å². The van der Waals surface area contributed by atoms with Gasteiger partial charge in [-0.05, 0) is 55.0 Å². The van der Waals surface area contributed by atoms with Crippen LogP contribution in [-0.2, 0) is 4.79 Å². The van der Waals surface area contributed by atoms with Crippen molar-refractivity contribution in [2.75, 3.05) is 11.9 Å². The Morgan fingerprint density at radius 2 is 1.88 bits per heavy atom. The molecule has 3 aromatic rings. The fraction of sp³-hybridized carbons (Fsp3) is 0.0870. The van der Waals surface area contributed by atoms with E-state index in [4.69, 9.17) is 16.3 Å². The summed E-state index contributed by atoms with van der Waals surface area (Å²) in [7, 11) is 0. The van der Waals surface area contributed by atoms with Gasteiger partial charge in [-0.15, -0.1) is 0 Å². The number of benzene rings is 3. The minimum atomic E-state index is -0.554. The molecule has 0 fully saturated rings. The van der Waals surface area contributed by atoms with Gasteiger partial charge in [0.15, 0.2) is 6.61 Å². The lowest BCUT2D eigenvalue weighted by Crippen LogP contribution is -2.20. The van der Waals surface area contributed by atoms with Gasteiger partial charge in [0.25, 0.3) is 17.5 Å². The predicted molar refractivity (Wildman–Crippen MR) is 125 cm³/mol. The summed E-state index contributed by atoms with van der Waals surface area (Å²) in [5.41, 5.74) is 4.52. The number of amides is 2. The van der Waals surface area contributed by atoms with Crippen LogP contribution in [0.1, 0.15) is 21.5 Å². The van der Waals surface area contributed by atoms with Crippen molar-refractivity contribution >= 4 is 41.0 Å². The summed E-state index contributed by atoms with van der Waals surface area (Å²) in [5.74, 6) is -0.555. The highest BCUT2D eigenvalue weighted by Gasteiger charge is 2.10. The van der Waals surface area contributed by atoms with Crippen LogP contribution in [0.5, 0.6) is 5.75 Å². The first-order valence-electron chi connectivity index (χ1n) is 9.68. The number of non-ortho nitro benzene ring substituents is 1. The van der Waals surface area contributed by atoms with Crippen molar-refractivity contribution in [3.05, 3.63) is 98.6 Å². The van der Waals surface area contributed by atoms with E-state index < -0.39 is 10.8 Å². The SMILES string of the molecule is Cc1cccc(NC(=O)COc2ccc(Cl)cc2/C=N/NC(=O)c2ccc([N+](=O)[O-])cc2)c1. The van der Waals surface area contributed by atoms with Crippen molar-refractivity contribution in [2.24, 2.45) is 5.10 Å². The number of nitro groups is 1. The number of hydrazone groups is 1. The Labute approximate surface area is 194 Å². The smallest absolute Gasteiger partial charge is 0.271 e. The van der Waals surface area contributed by atoms with E-state index in [2.05, 4.69) is 15.8 Å². The average molecular weight is 467 g/mol. The van der Waals surface area contributed by atoms with Gasteiger partial charge in [0, 0.05) is 34.0 Å². The van der Waals surface area contributed by atoms with E-state index in [0.29, 0.717) is 22.0 Å². The minimum absolute atomic E-state index is 0.123. The number of anilines is 1. The van der Waals surface area contributed by atoms with Crippen molar-refractivity contribution in [1.29, 1.82) is 0 Å². The van der Waals surface area contributed by atoms with E-state index >= 15 is 0 Å². The van der Waals surface area contributed by atoms with E-state index in [1.54, 1.807) is 24.3 Å². The first kappa shape index (κ1) is 23.4. The van der Waals surface area contributed by atoms with Gasteiger partial charge in [-0.1, -0.05) is 23.7 Å². The fourth-order valence-electron chi connectivity index (χ4n) is 2.77. The molecule has 10 heteroatoms. The number of hydrogen-bond donors (Lipinski definition) is 2. The molecule has 0 aliphatic heterocycles. The predicted octanol–water partition coefficient (Wildman–Crippen LogP) is 4.34. The number of halogens is 1. The quantitative estimate of drug-likeness (QED) is 0.290. The lowest BCUT2D eigenvalue weighted by atomic mass is 10.2. The molecule has 0 saturated carbocycles. The molecule has 0 heterocycles. The maximum Gasteiger partial charge on any atom is 0.271 e. The molecular weight excluding hydrogens is 448 g/mol.